The van der Waals surface area contributed by atoms with Crippen LogP contribution in [0.25, 0.3) is 0 Å². The third kappa shape index (κ3) is 1.99. The van der Waals surface area contributed by atoms with Crippen LogP contribution in [-0.4, -0.2) is 33.4 Å². The van der Waals surface area contributed by atoms with Crippen molar-refractivity contribution in [3.63, 3.8) is 0 Å². The largest absolute Gasteiger partial charge is 0.337 e. The third-order valence-corrected chi connectivity index (χ3v) is 4.25. The van der Waals surface area contributed by atoms with E-state index in [9.17, 15) is 0 Å². The summed E-state index contributed by atoms with van der Waals surface area (Å²) in [5.41, 5.74) is 4.05. The molecule has 1 fully saturated rings. The molecule has 0 atom stereocenters. The summed E-state index contributed by atoms with van der Waals surface area (Å²) in [5.74, 6) is 2.15. The van der Waals surface area contributed by atoms with Gasteiger partial charge in [0.15, 0.2) is 0 Å². The first-order chi connectivity index (χ1) is 9.85. The zero-order valence-corrected chi connectivity index (χ0v) is 11.7. The number of fused-ring (bicyclic) bond motifs is 1. The van der Waals surface area contributed by atoms with E-state index >= 15 is 0 Å². The number of rotatable bonds is 3. The number of anilines is 1. The highest BCUT2D eigenvalue weighted by Crippen LogP contribution is 2.41. The van der Waals surface area contributed by atoms with E-state index in [4.69, 9.17) is 4.52 Å². The maximum Gasteiger partial charge on any atom is 0.266 e. The van der Waals surface area contributed by atoms with E-state index in [2.05, 4.69) is 25.2 Å². The van der Waals surface area contributed by atoms with Crippen molar-refractivity contribution >= 4 is 5.95 Å². The van der Waals surface area contributed by atoms with Gasteiger partial charge in [-0.25, -0.2) is 0 Å². The molecule has 0 amide bonds. The minimum absolute atomic E-state index is 0.707. The van der Waals surface area contributed by atoms with Gasteiger partial charge in [-0.2, -0.15) is 10.1 Å². The summed E-state index contributed by atoms with van der Waals surface area (Å²) < 4.78 is 5.22. The molecule has 0 spiro atoms. The van der Waals surface area contributed by atoms with Crippen LogP contribution in [0.4, 0.5) is 5.95 Å². The average Bonchev–Trinajstić information content (AvgIpc) is 3.13. The Morgan fingerprint density at radius 1 is 1.30 bits per heavy atom. The Morgan fingerprint density at radius 2 is 2.15 bits per heavy atom. The SMILES string of the molecule is CCc1nc(N2CCc3[nH]nc(C4CC4)c3CC2)no1. The Labute approximate surface area is 117 Å². The van der Waals surface area contributed by atoms with Gasteiger partial charge in [-0.15, -0.1) is 0 Å². The first-order valence-corrected chi connectivity index (χ1v) is 7.48. The molecule has 3 heterocycles. The molecule has 0 aromatic carbocycles. The molecule has 6 nitrogen and oxygen atoms in total. The van der Waals surface area contributed by atoms with E-state index in [0.29, 0.717) is 11.8 Å². The molecule has 0 radical (unpaired) electrons. The van der Waals surface area contributed by atoms with Crippen LogP contribution in [-0.2, 0) is 19.3 Å². The van der Waals surface area contributed by atoms with Gasteiger partial charge in [0.2, 0.25) is 5.89 Å². The zero-order chi connectivity index (χ0) is 13.5. The lowest BCUT2D eigenvalue weighted by Crippen LogP contribution is -2.27. The second-order valence-electron chi connectivity index (χ2n) is 5.67. The quantitative estimate of drug-likeness (QED) is 0.924. The summed E-state index contributed by atoms with van der Waals surface area (Å²) in [5, 5.41) is 11.8. The monoisotopic (exact) mass is 273 g/mol. The fraction of sp³-hybridized carbons (Fsp3) is 0.643. The van der Waals surface area contributed by atoms with Gasteiger partial charge < -0.3 is 9.42 Å². The molecule has 1 N–H and O–H groups in total. The van der Waals surface area contributed by atoms with Crippen LogP contribution >= 0.6 is 0 Å². The Balaban J connectivity index is 1.54. The molecule has 106 valence electrons. The fourth-order valence-electron chi connectivity index (χ4n) is 2.92. The summed E-state index contributed by atoms with van der Waals surface area (Å²) in [6.45, 7) is 3.88. The summed E-state index contributed by atoms with van der Waals surface area (Å²) >= 11 is 0. The van der Waals surface area contributed by atoms with Crippen molar-refractivity contribution in [3.05, 3.63) is 22.8 Å². The van der Waals surface area contributed by atoms with Gasteiger partial charge in [0.1, 0.15) is 0 Å². The predicted octanol–water partition coefficient (Wildman–Crippen LogP) is 1.84. The number of aryl methyl sites for hydroxylation is 1. The van der Waals surface area contributed by atoms with E-state index in [1.165, 1.54) is 29.8 Å². The van der Waals surface area contributed by atoms with Crippen LogP contribution in [0.3, 0.4) is 0 Å². The lowest BCUT2D eigenvalue weighted by molar-refractivity contribution is 0.381. The number of nitrogens with zero attached hydrogens (tertiary/aromatic N) is 4. The maximum atomic E-state index is 5.22. The fourth-order valence-corrected chi connectivity index (χ4v) is 2.92. The zero-order valence-electron chi connectivity index (χ0n) is 11.7. The summed E-state index contributed by atoms with van der Waals surface area (Å²) in [6.07, 6.45) is 5.38. The molecule has 20 heavy (non-hydrogen) atoms. The normalized spacial score (nSPS) is 18.9. The van der Waals surface area contributed by atoms with Crippen molar-refractivity contribution in [2.45, 2.75) is 44.9 Å². The standard InChI is InChI=1S/C14H19N5O/c1-2-12-15-14(18-20-12)19-7-5-10-11(6-8-19)16-17-13(10)9-3-4-9/h9H,2-8H2,1H3,(H,16,17). The topological polar surface area (TPSA) is 70.8 Å². The number of nitrogens with one attached hydrogen (secondary N) is 1. The number of H-pyrrole nitrogens is 1. The molecule has 4 rings (SSSR count). The van der Waals surface area contributed by atoms with Crippen LogP contribution in [0.15, 0.2) is 4.52 Å². The molecule has 1 saturated carbocycles. The van der Waals surface area contributed by atoms with E-state index in [0.717, 1.165) is 38.3 Å². The van der Waals surface area contributed by atoms with Crippen molar-refractivity contribution in [2.75, 3.05) is 18.0 Å². The van der Waals surface area contributed by atoms with Crippen molar-refractivity contribution in [3.8, 4) is 0 Å². The van der Waals surface area contributed by atoms with Crippen LogP contribution in [0.1, 0.15) is 48.5 Å². The number of hydrogen-bond donors (Lipinski definition) is 1. The van der Waals surface area contributed by atoms with Gasteiger partial charge in [0, 0.05) is 37.5 Å². The Hall–Kier alpha value is -1.85. The molecule has 0 saturated heterocycles. The van der Waals surface area contributed by atoms with Crippen LogP contribution < -0.4 is 4.90 Å². The average molecular weight is 273 g/mol. The lowest BCUT2D eigenvalue weighted by atomic mass is 10.1. The summed E-state index contributed by atoms with van der Waals surface area (Å²) in [7, 11) is 0. The highest BCUT2D eigenvalue weighted by molar-refractivity contribution is 5.37. The van der Waals surface area contributed by atoms with E-state index in [-0.39, 0.29) is 0 Å². The van der Waals surface area contributed by atoms with Gasteiger partial charge in [-0.3, -0.25) is 5.10 Å². The van der Waals surface area contributed by atoms with Gasteiger partial charge in [-0.05, 0) is 30.0 Å². The lowest BCUT2D eigenvalue weighted by Gasteiger charge is -2.16. The van der Waals surface area contributed by atoms with Gasteiger partial charge in [0.25, 0.3) is 5.95 Å². The van der Waals surface area contributed by atoms with Crippen LogP contribution in [0, 0.1) is 0 Å². The Kier molecular flexibility index (Phi) is 2.75. The van der Waals surface area contributed by atoms with Gasteiger partial charge >= 0.3 is 0 Å². The minimum atomic E-state index is 0.707. The summed E-state index contributed by atoms with van der Waals surface area (Å²) in [6, 6.07) is 0. The number of aromatic nitrogens is 4. The van der Waals surface area contributed by atoms with Crippen molar-refractivity contribution in [1.82, 2.24) is 20.3 Å². The number of hydrogen-bond acceptors (Lipinski definition) is 5. The first kappa shape index (κ1) is 11.9. The molecular formula is C14H19N5O. The highest BCUT2D eigenvalue weighted by Gasteiger charge is 2.31. The maximum absolute atomic E-state index is 5.22. The van der Waals surface area contributed by atoms with Crippen molar-refractivity contribution in [2.24, 2.45) is 0 Å². The molecule has 0 unspecified atom stereocenters. The Bertz CT molecular complexity index is 613. The molecule has 2 aromatic rings. The van der Waals surface area contributed by atoms with Crippen LogP contribution in [0.2, 0.25) is 0 Å². The molecule has 2 aliphatic rings. The molecule has 6 heteroatoms. The third-order valence-electron chi connectivity index (χ3n) is 4.25. The molecular weight excluding hydrogens is 254 g/mol. The first-order valence-electron chi connectivity index (χ1n) is 7.48. The van der Waals surface area contributed by atoms with Gasteiger partial charge in [-0.1, -0.05) is 6.92 Å². The van der Waals surface area contributed by atoms with E-state index in [1.54, 1.807) is 0 Å². The van der Waals surface area contributed by atoms with Crippen molar-refractivity contribution in [1.29, 1.82) is 0 Å². The van der Waals surface area contributed by atoms with E-state index in [1.807, 2.05) is 6.92 Å². The second kappa shape index (κ2) is 4.61. The second-order valence-corrected chi connectivity index (χ2v) is 5.67. The minimum Gasteiger partial charge on any atom is -0.337 e. The molecule has 2 aromatic heterocycles. The molecule has 1 aliphatic heterocycles. The summed E-state index contributed by atoms with van der Waals surface area (Å²) in [4.78, 5) is 6.65. The van der Waals surface area contributed by atoms with Crippen LogP contribution in [0.5, 0.6) is 0 Å². The highest BCUT2D eigenvalue weighted by atomic mass is 16.5. The number of aromatic amines is 1. The Morgan fingerprint density at radius 3 is 2.90 bits per heavy atom. The smallest absolute Gasteiger partial charge is 0.266 e. The molecule has 0 bridgehead atoms. The predicted molar refractivity (Wildman–Crippen MR) is 73.9 cm³/mol. The molecule has 1 aliphatic carbocycles. The van der Waals surface area contributed by atoms with E-state index < -0.39 is 0 Å². The van der Waals surface area contributed by atoms with Gasteiger partial charge in [0.05, 0.1) is 5.69 Å². The van der Waals surface area contributed by atoms with Crippen molar-refractivity contribution < 1.29 is 4.52 Å².